The van der Waals surface area contributed by atoms with E-state index in [1.54, 1.807) is 7.05 Å². The molecule has 0 amide bonds. The zero-order valence-electron chi connectivity index (χ0n) is 19.7. The Balaban J connectivity index is 1.67. The zero-order valence-corrected chi connectivity index (χ0v) is 21.2. The maximum Gasteiger partial charge on any atom is 0.396 e. The van der Waals surface area contributed by atoms with Gasteiger partial charge in [0.05, 0.1) is 27.5 Å². The van der Waals surface area contributed by atoms with Gasteiger partial charge in [0.15, 0.2) is 0 Å². The van der Waals surface area contributed by atoms with E-state index in [4.69, 9.17) is 33.0 Å². The van der Waals surface area contributed by atoms with Crippen molar-refractivity contribution in [1.29, 1.82) is 0 Å². The van der Waals surface area contributed by atoms with Gasteiger partial charge in [-0.3, -0.25) is 9.13 Å². The highest BCUT2D eigenvalue weighted by atomic mass is 35.5. The highest BCUT2D eigenvalue weighted by Crippen LogP contribution is 2.47. The normalized spacial score (nSPS) is 13.5. The first-order valence-corrected chi connectivity index (χ1v) is 11.6. The number of fused-ring (bicyclic) bond motifs is 1. The lowest BCUT2D eigenvalue weighted by Gasteiger charge is -2.28. The highest BCUT2D eigenvalue weighted by molar-refractivity contribution is 6.33. The number of halogens is 5. The monoisotopic (exact) mass is 553 g/mol. The summed E-state index contributed by atoms with van der Waals surface area (Å²) in [6.45, 7) is 1.43. The van der Waals surface area contributed by atoms with Gasteiger partial charge in [-0.2, -0.15) is 13.2 Å². The lowest BCUT2D eigenvalue weighted by molar-refractivity contribution is -0.154. The molecule has 7 nitrogen and oxygen atoms in total. The number of rotatable bonds is 6. The van der Waals surface area contributed by atoms with E-state index in [9.17, 15) is 22.8 Å². The van der Waals surface area contributed by atoms with Gasteiger partial charge in [0, 0.05) is 31.4 Å². The van der Waals surface area contributed by atoms with Gasteiger partial charge < -0.3 is 9.84 Å². The zero-order chi connectivity index (χ0) is 27.2. The van der Waals surface area contributed by atoms with Crippen molar-refractivity contribution >= 4 is 40.2 Å². The first-order chi connectivity index (χ1) is 17.3. The molecule has 0 saturated heterocycles. The fourth-order valence-electron chi connectivity index (χ4n) is 4.35. The minimum Gasteiger partial charge on any atom is -0.478 e. The number of alkyl halides is 3. The van der Waals surface area contributed by atoms with Crippen LogP contribution in [0, 0.1) is 0 Å². The van der Waals surface area contributed by atoms with Gasteiger partial charge in [-0.1, -0.05) is 42.3 Å². The van der Waals surface area contributed by atoms with Gasteiger partial charge in [-0.05, 0) is 41.3 Å². The summed E-state index contributed by atoms with van der Waals surface area (Å²) in [5, 5.41) is 9.00. The minimum atomic E-state index is -4.61. The molecule has 4 aromatic rings. The van der Waals surface area contributed by atoms with E-state index in [0.717, 1.165) is 6.20 Å². The first-order valence-electron chi connectivity index (χ1n) is 10.9. The van der Waals surface area contributed by atoms with Crippen LogP contribution in [0.1, 0.15) is 40.2 Å². The molecule has 0 aliphatic rings. The average molecular weight is 554 g/mol. The number of carboxylic acids is 1. The predicted molar refractivity (Wildman–Crippen MR) is 133 cm³/mol. The molecular weight excluding hydrogens is 534 g/mol. The Kier molecular flexibility index (Phi) is 7.00. The molecule has 4 rings (SSSR count). The highest BCUT2D eigenvalue weighted by Gasteiger charge is 2.45. The molecule has 2 heterocycles. The number of hydrogen-bond donors (Lipinski definition) is 1. The lowest BCUT2D eigenvalue weighted by atomic mass is 9.82. The van der Waals surface area contributed by atoms with Crippen LogP contribution in [-0.4, -0.2) is 31.4 Å². The van der Waals surface area contributed by atoms with Gasteiger partial charge in [0.2, 0.25) is 5.88 Å². The van der Waals surface area contributed by atoms with Gasteiger partial charge in [-0.15, -0.1) is 0 Å². The molecule has 0 radical (unpaired) electrons. The topological polar surface area (TPSA) is 86.3 Å². The van der Waals surface area contributed by atoms with Crippen LogP contribution in [0.5, 0.6) is 11.6 Å². The number of carboxylic acid groups (broad SMARTS) is 1. The molecule has 2 unspecified atom stereocenters. The maximum atomic E-state index is 14.3. The number of aromatic carboxylic acids is 1. The smallest absolute Gasteiger partial charge is 0.396 e. The standard InChI is InChI=1S/C25H20Cl2F3N3O4/c1-12(22(25(28,29)30)13-4-7-19-20(8-13)33(3)24(36)32(19)2)15-6-5-14(9-17(15)26)37-21-10-18(27)16(11-31-21)23(34)35/h4-12,22H,1-3H3,(H,34,35). The lowest BCUT2D eigenvalue weighted by Crippen LogP contribution is -2.26. The van der Waals surface area contributed by atoms with Crippen molar-refractivity contribution in [1.82, 2.24) is 14.1 Å². The molecule has 194 valence electrons. The third kappa shape index (κ3) is 5.03. The van der Waals surface area contributed by atoms with Crippen LogP contribution in [0.3, 0.4) is 0 Å². The minimum absolute atomic E-state index is 0.00227. The maximum absolute atomic E-state index is 14.3. The molecule has 2 aromatic heterocycles. The number of carbonyl (C=O) groups is 1. The molecule has 2 atom stereocenters. The fraction of sp³-hybridized carbons (Fsp3) is 0.240. The summed E-state index contributed by atoms with van der Waals surface area (Å²) in [6, 6.07) is 9.70. The fourth-order valence-corrected chi connectivity index (χ4v) is 4.91. The molecule has 0 bridgehead atoms. The van der Waals surface area contributed by atoms with E-state index in [1.165, 1.54) is 65.6 Å². The first kappa shape index (κ1) is 26.6. The van der Waals surface area contributed by atoms with Crippen LogP contribution in [0.25, 0.3) is 11.0 Å². The number of imidazole rings is 1. The van der Waals surface area contributed by atoms with Gasteiger partial charge in [0.25, 0.3) is 0 Å². The largest absolute Gasteiger partial charge is 0.478 e. The predicted octanol–water partition coefficient (Wildman–Crippen LogP) is 6.52. The van der Waals surface area contributed by atoms with Crippen molar-refractivity contribution in [2.45, 2.75) is 24.9 Å². The molecule has 0 aliphatic carbocycles. The molecule has 2 aromatic carbocycles. The summed E-state index contributed by atoms with van der Waals surface area (Å²) in [4.78, 5) is 27.2. The van der Waals surface area contributed by atoms with Crippen molar-refractivity contribution in [2.75, 3.05) is 0 Å². The Hall–Kier alpha value is -3.50. The molecule has 0 fully saturated rings. The summed E-state index contributed by atoms with van der Waals surface area (Å²) in [5.74, 6) is -4.07. The Morgan fingerprint density at radius 3 is 2.30 bits per heavy atom. The van der Waals surface area contributed by atoms with E-state index >= 15 is 0 Å². The number of aryl methyl sites for hydroxylation is 2. The van der Waals surface area contributed by atoms with Crippen LogP contribution >= 0.6 is 23.2 Å². The molecule has 12 heteroatoms. The number of ether oxygens (including phenoxy) is 1. The number of aromatic nitrogens is 3. The molecule has 0 aliphatic heterocycles. The summed E-state index contributed by atoms with van der Waals surface area (Å²) in [6.07, 6.45) is -3.57. The van der Waals surface area contributed by atoms with E-state index in [0.29, 0.717) is 11.0 Å². The number of hydrogen-bond acceptors (Lipinski definition) is 4. The number of pyridine rings is 1. The van der Waals surface area contributed by atoms with Gasteiger partial charge in [-0.25, -0.2) is 14.6 Å². The Bertz CT molecular complexity index is 1580. The third-order valence-corrected chi connectivity index (χ3v) is 6.89. The van der Waals surface area contributed by atoms with Crippen LogP contribution in [0.2, 0.25) is 10.0 Å². The second-order valence-electron chi connectivity index (χ2n) is 8.55. The van der Waals surface area contributed by atoms with Crippen molar-refractivity contribution < 1.29 is 27.8 Å². The molecule has 37 heavy (non-hydrogen) atoms. The molecular formula is C25H20Cl2F3N3O4. The quantitative estimate of drug-likeness (QED) is 0.293. The van der Waals surface area contributed by atoms with E-state index in [1.807, 2.05) is 0 Å². The SMILES string of the molecule is CC(c1ccc(Oc2cc(Cl)c(C(=O)O)cn2)cc1Cl)C(c1ccc2c(c1)n(C)c(=O)n2C)C(F)(F)F. The Labute approximate surface area is 218 Å². The van der Waals surface area contributed by atoms with Crippen LogP contribution < -0.4 is 10.4 Å². The second-order valence-corrected chi connectivity index (χ2v) is 9.36. The summed E-state index contributed by atoms with van der Waals surface area (Å²) < 4.78 is 51.3. The second kappa shape index (κ2) is 9.75. The number of benzene rings is 2. The molecule has 1 N–H and O–H groups in total. The van der Waals surface area contributed by atoms with E-state index in [2.05, 4.69) is 4.98 Å². The van der Waals surface area contributed by atoms with Crippen molar-refractivity contribution in [3.63, 3.8) is 0 Å². The summed E-state index contributed by atoms with van der Waals surface area (Å²) in [7, 11) is 3.06. The van der Waals surface area contributed by atoms with Gasteiger partial charge in [0.1, 0.15) is 5.75 Å². The van der Waals surface area contributed by atoms with E-state index in [-0.39, 0.29) is 44.1 Å². The van der Waals surface area contributed by atoms with Crippen LogP contribution in [0.4, 0.5) is 13.2 Å². The van der Waals surface area contributed by atoms with Crippen molar-refractivity contribution in [3.8, 4) is 11.6 Å². The third-order valence-electron chi connectivity index (χ3n) is 6.25. The molecule has 0 spiro atoms. The van der Waals surface area contributed by atoms with Crippen LogP contribution in [0.15, 0.2) is 53.5 Å². The average Bonchev–Trinajstić information content (AvgIpc) is 3.01. The van der Waals surface area contributed by atoms with Crippen LogP contribution in [-0.2, 0) is 14.1 Å². The Morgan fingerprint density at radius 1 is 1.03 bits per heavy atom. The van der Waals surface area contributed by atoms with Crippen molar-refractivity contribution in [3.05, 3.63) is 85.9 Å². The van der Waals surface area contributed by atoms with Crippen molar-refractivity contribution in [2.24, 2.45) is 14.1 Å². The van der Waals surface area contributed by atoms with E-state index < -0.39 is 24.0 Å². The summed E-state index contributed by atoms with van der Waals surface area (Å²) in [5.41, 5.74) is 0.614. The van der Waals surface area contributed by atoms with Gasteiger partial charge >= 0.3 is 17.8 Å². The molecule has 0 saturated carbocycles. The Morgan fingerprint density at radius 2 is 1.70 bits per heavy atom. The summed E-state index contributed by atoms with van der Waals surface area (Å²) >= 11 is 12.3. The number of nitrogens with zero attached hydrogens (tertiary/aromatic N) is 3.